The molecule has 0 saturated carbocycles. The highest BCUT2D eigenvalue weighted by Crippen LogP contribution is 2.07. The van der Waals surface area contributed by atoms with Crippen molar-refractivity contribution in [2.24, 2.45) is 0 Å². The zero-order valence-electron chi connectivity index (χ0n) is 8.04. The Morgan fingerprint density at radius 3 is 1.92 bits per heavy atom. The number of carbonyl (C=O) groups is 1. The van der Waals surface area contributed by atoms with Gasteiger partial charge in [-0.25, -0.2) is 4.39 Å². The lowest BCUT2D eigenvalue weighted by atomic mass is 10.2. The van der Waals surface area contributed by atoms with Crippen LogP contribution in [0.25, 0.3) is 0 Å². The van der Waals surface area contributed by atoms with Crippen LogP contribution in [0.3, 0.4) is 0 Å². The number of rotatable bonds is 4. The summed E-state index contributed by atoms with van der Waals surface area (Å²) in [6.07, 6.45) is 1.47. The predicted octanol–water partition coefficient (Wildman–Crippen LogP) is 2.12. The van der Waals surface area contributed by atoms with Crippen LogP contribution >= 0.6 is 0 Å². The summed E-state index contributed by atoms with van der Waals surface area (Å²) >= 11 is 0. The molecule has 0 atom stereocenters. The second kappa shape index (κ2) is 4.91. The van der Waals surface area contributed by atoms with Crippen molar-refractivity contribution in [2.75, 3.05) is 0 Å². The van der Waals surface area contributed by atoms with Crippen LogP contribution in [0.1, 0.15) is 27.7 Å². The van der Waals surface area contributed by atoms with E-state index in [0.717, 1.165) is 0 Å². The molecule has 0 aromatic carbocycles. The zero-order chi connectivity index (χ0) is 9.72. The molecule has 0 bridgehead atoms. The first-order valence-electron chi connectivity index (χ1n) is 4.09. The molecule has 0 N–H and O–H groups in total. The molecule has 0 fully saturated rings. The maximum atomic E-state index is 12.6. The third-order valence-electron chi connectivity index (χ3n) is 1.58. The lowest BCUT2D eigenvalue weighted by Crippen LogP contribution is -2.32. The van der Waals surface area contributed by atoms with E-state index in [1.165, 1.54) is 6.20 Å². The first-order valence-corrected chi connectivity index (χ1v) is 4.09. The summed E-state index contributed by atoms with van der Waals surface area (Å²) < 4.78 is 12.6. The lowest BCUT2D eigenvalue weighted by Gasteiger charge is -2.28. The topological polar surface area (TPSA) is 20.3 Å². The fourth-order valence-corrected chi connectivity index (χ4v) is 1.07. The minimum atomic E-state index is -0.725. The van der Waals surface area contributed by atoms with Crippen molar-refractivity contribution in [2.45, 2.75) is 39.8 Å². The van der Waals surface area contributed by atoms with E-state index >= 15 is 0 Å². The van der Waals surface area contributed by atoms with E-state index in [9.17, 15) is 9.18 Å². The number of hydrogen-bond donors (Lipinski definition) is 0. The fourth-order valence-electron chi connectivity index (χ4n) is 1.07. The van der Waals surface area contributed by atoms with E-state index in [1.54, 1.807) is 4.90 Å². The van der Waals surface area contributed by atoms with E-state index in [4.69, 9.17) is 0 Å². The summed E-state index contributed by atoms with van der Waals surface area (Å²) in [7, 11) is 0. The summed E-state index contributed by atoms with van der Waals surface area (Å²) in [6, 6.07) is 0.409. The zero-order valence-corrected chi connectivity index (χ0v) is 8.04. The first kappa shape index (κ1) is 11.1. The van der Waals surface area contributed by atoms with Crippen LogP contribution < -0.4 is 0 Å². The van der Waals surface area contributed by atoms with Crippen molar-refractivity contribution in [1.82, 2.24) is 4.90 Å². The molecule has 0 radical (unpaired) electrons. The summed E-state index contributed by atoms with van der Waals surface area (Å²) in [5.41, 5.74) is 0. The van der Waals surface area contributed by atoms with Gasteiger partial charge in [0.2, 0.25) is 0 Å². The van der Waals surface area contributed by atoms with Crippen LogP contribution in [0.5, 0.6) is 0 Å². The van der Waals surface area contributed by atoms with Gasteiger partial charge in [0.1, 0.15) is 0 Å². The van der Waals surface area contributed by atoms with Gasteiger partial charge in [0.15, 0.2) is 12.1 Å². The molecule has 0 aromatic heterocycles. The molecule has 70 valence electrons. The normalized spacial score (nSPS) is 12.4. The third kappa shape index (κ3) is 3.51. The molecule has 2 nitrogen and oxygen atoms in total. The molecule has 0 amide bonds. The summed E-state index contributed by atoms with van der Waals surface area (Å²) in [5.74, 6) is -0.725. The Hall–Kier alpha value is -0.860. The molecule has 0 aliphatic rings. The number of nitrogens with zero attached hydrogens (tertiary/aromatic N) is 1. The Bertz CT molecular complexity index is 167. The number of halogens is 1. The van der Waals surface area contributed by atoms with Crippen molar-refractivity contribution < 1.29 is 9.18 Å². The molecule has 0 aliphatic heterocycles. The molecule has 0 saturated heterocycles. The van der Waals surface area contributed by atoms with Gasteiger partial charge in [0.25, 0.3) is 0 Å². The average molecular weight is 173 g/mol. The van der Waals surface area contributed by atoms with Crippen LogP contribution in [0.4, 0.5) is 4.39 Å². The Kier molecular flexibility index (Phi) is 4.55. The summed E-state index contributed by atoms with van der Waals surface area (Å²) in [5, 5.41) is 0. The first-order chi connectivity index (χ1) is 5.49. The van der Waals surface area contributed by atoms with Crippen LogP contribution in [0.15, 0.2) is 12.0 Å². The third-order valence-corrected chi connectivity index (χ3v) is 1.58. The number of allylic oxidation sites excluding steroid dienone is 1. The van der Waals surface area contributed by atoms with Crippen molar-refractivity contribution in [1.29, 1.82) is 0 Å². The summed E-state index contributed by atoms with van der Waals surface area (Å²) in [4.78, 5) is 11.8. The Morgan fingerprint density at radius 1 is 1.25 bits per heavy atom. The van der Waals surface area contributed by atoms with E-state index < -0.39 is 5.83 Å². The van der Waals surface area contributed by atoms with Gasteiger partial charge >= 0.3 is 0 Å². The van der Waals surface area contributed by atoms with Gasteiger partial charge in [-0.15, -0.1) is 0 Å². The monoisotopic (exact) mass is 173 g/mol. The number of hydrogen-bond acceptors (Lipinski definition) is 2. The predicted molar refractivity (Wildman–Crippen MR) is 47.4 cm³/mol. The van der Waals surface area contributed by atoms with Crippen LogP contribution in [-0.2, 0) is 4.79 Å². The maximum Gasteiger partial charge on any atom is 0.179 e. The van der Waals surface area contributed by atoms with Crippen molar-refractivity contribution >= 4 is 6.29 Å². The Morgan fingerprint density at radius 2 is 1.67 bits per heavy atom. The second-order valence-corrected chi connectivity index (χ2v) is 3.27. The number of carbonyl (C=O) groups excluding carboxylic acids is 1. The van der Waals surface area contributed by atoms with Gasteiger partial charge < -0.3 is 4.90 Å². The van der Waals surface area contributed by atoms with E-state index in [-0.39, 0.29) is 18.4 Å². The van der Waals surface area contributed by atoms with E-state index in [1.807, 2.05) is 27.7 Å². The minimum absolute atomic E-state index is 0.204. The molecular formula is C9H16FNO. The molecular weight excluding hydrogens is 157 g/mol. The van der Waals surface area contributed by atoms with Crippen LogP contribution in [0.2, 0.25) is 0 Å². The van der Waals surface area contributed by atoms with Crippen LogP contribution in [0, 0.1) is 0 Å². The van der Waals surface area contributed by atoms with E-state index in [0.29, 0.717) is 0 Å². The van der Waals surface area contributed by atoms with Crippen molar-refractivity contribution in [3.63, 3.8) is 0 Å². The molecule has 12 heavy (non-hydrogen) atoms. The lowest BCUT2D eigenvalue weighted by molar-refractivity contribution is -0.106. The van der Waals surface area contributed by atoms with Crippen molar-refractivity contribution in [3.05, 3.63) is 12.0 Å². The largest absolute Gasteiger partial charge is 0.370 e. The average Bonchev–Trinajstić information content (AvgIpc) is 1.98. The molecule has 0 heterocycles. The highest BCUT2D eigenvalue weighted by Gasteiger charge is 2.09. The summed E-state index contributed by atoms with van der Waals surface area (Å²) in [6.45, 7) is 7.81. The smallest absolute Gasteiger partial charge is 0.179 e. The second-order valence-electron chi connectivity index (χ2n) is 3.27. The van der Waals surface area contributed by atoms with Gasteiger partial charge in [0.05, 0.1) is 0 Å². The molecule has 0 spiro atoms. The number of aldehydes is 1. The van der Waals surface area contributed by atoms with Gasteiger partial charge in [-0.3, -0.25) is 4.79 Å². The van der Waals surface area contributed by atoms with Gasteiger partial charge in [0, 0.05) is 18.3 Å². The van der Waals surface area contributed by atoms with Gasteiger partial charge in [-0.1, -0.05) is 0 Å². The molecule has 0 rings (SSSR count). The van der Waals surface area contributed by atoms with E-state index in [2.05, 4.69) is 0 Å². The Balaban J connectivity index is 4.42. The molecule has 0 aromatic rings. The quantitative estimate of drug-likeness (QED) is 0.479. The highest BCUT2D eigenvalue weighted by molar-refractivity contribution is 5.69. The fraction of sp³-hybridized carbons (Fsp3) is 0.667. The molecule has 0 unspecified atom stereocenters. The highest BCUT2D eigenvalue weighted by atomic mass is 19.1. The molecule has 0 aliphatic carbocycles. The maximum absolute atomic E-state index is 12.6. The molecule has 3 heteroatoms. The SMILES string of the molecule is CC(C)N(/C=C(/F)C=O)C(C)C. The Labute approximate surface area is 73.1 Å². The van der Waals surface area contributed by atoms with Gasteiger partial charge in [-0.05, 0) is 27.7 Å². The van der Waals surface area contributed by atoms with Crippen molar-refractivity contribution in [3.8, 4) is 0 Å². The minimum Gasteiger partial charge on any atom is -0.370 e. The van der Waals surface area contributed by atoms with Gasteiger partial charge in [-0.2, -0.15) is 0 Å². The van der Waals surface area contributed by atoms with Crippen LogP contribution in [-0.4, -0.2) is 23.3 Å². The standard InChI is InChI=1S/C9H16FNO/c1-7(2)11(8(3)4)5-9(10)6-12/h5-8H,1-4H3/b9-5+.